The van der Waals surface area contributed by atoms with Crippen molar-refractivity contribution >= 4 is 11.6 Å². The lowest BCUT2D eigenvalue weighted by Gasteiger charge is -2.51. The van der Waals surface area contributed by atoms with E-state index >= 15 is 0 Å². The van der Waals surface area contributed by atoms with Gasteiger partial charge in [-0.2, -0.15) is 0 Å². The first-order chi connectivity index (χ1) is 9.04. The lowest BCUT2D eigenvalue weighted by Crippen LogP contribution is -2.57. The number of nitrogens with one attached hydrogen (secondary N) is 2. The van der Waals surface area contributed by atoms with Crippen molar-refractivity contribution in [2.24, 2.45) is 5.41 Å². The van der Waals surface area contributed by atoms with Crippen LogP contribution in [0.5, 0.6) is 5.75 Å². The standard InChI is InChI=1S/C13H22N4O2/c1-13(2)8(6-9(13)18-4)17-12-10(19-5)11(14-3)15-7-16-12/h7-9H,6H2,1-5H3,(H2,14,15,16,17). The van der Waals surface area contributed by atoms with E-state index in [2.05, 4.69) is 34.4 Å². The van der Waals surface area contributed by atoms with Crippen molar-refractivity contribution in [2.45, 2.75) is 32.4 Å². The Bertz CT molecular complexity index is 450. The van der Waals surface area contributed by atoms with E-state index in [0.29, 0.717) is 17.6 Å². The summed E-state index contributed by atoms with van der Waals surface area (Å²) in [7, 11) is 5.18. The van der Waals surface area contributed by atoms with Gasteiger partial charge in [0.25, 0.3) is 0 Å². The maximum atomic E-state index is 5.45. The molecule has 2 N–H and O–H groups in total. The molecule has 0 aliphatic heterocycles. The van der Waals surface area contributed by atoms with Crippen LogP contribution in [-0.2, 0) is 4.74 Å². The first-order valence-corrected chi connectivity index (χ1v) is 6.40. The number of nitrogens with zero attached hydrogens (tertiary/aromatic N) is 2. The minimum absolute atomic E-state index is 0.0739. The third-order valence-electron chi connectivity index (χ3n) is 4.02. The van der Waals surface area contributed by atoms with E-state index in [-0.39, 0.29) is 11.5 Å². The van der Waals surface area contributed by atoms with Gasteiger partial charge in [0.15, 0.2) is 11.6 Å². The van der Waals surface area contributed by atoms with Gasteiger partial charge in [-0.3, -0.25) is 0 Å². The zero-order valence-electron chi connectivity index (χ0n) is 12.2. The molecule has 106 valence electrons. The molecule has 1 aromatic heterocycles. The molecule has 1 heterocycles. The molecule has 0 bridgehead atoms. The predicted octanol–water partition coefficient (Wildman–Crippen LogP) is 1.75. The lowest BCUT2D eigenvalue weighted by atomic mass is 9.64. The van der Waals surface area contributed by atoms with Crippen LogP contribution in [0.3, 0.4) is 0 Å². The van der Waals surface area contributed by atoms with E-state index in [0.717, 1.165) is 12.2 Å². The van der Waals surface area contributed by atoms with Crippen LogP contribution in [0.1, 0.15) is 20.3 Å². The van der Waals surface area contributed by atoms with Gasteiger partial charge >= 0.3 is 0 Å². The Hall–Kier alpha value is -1.56. The van der Waals surface area contributed by atoms with E-state index in [1.54, 1.807) is 14.2 Å². The molecule has 1 saturated carbocycles. The summed E-state index contributed by atoms with van der Waals surface area (Å²) in [4.78, 5) is 8.40. The van der Waals surface area contributed by atoms with Gasteiger partial charge in [-0.05, 0) is 6.42 Å². The molecule has 0 saturated heterocycles. The van der Waals surface area contributed by atoms with Gasteiger partial charge in [0.1, 0.15) is 6.33 Å². The van der Waals surface area contributed by atoms with E-state index in [1.807, 2.05) is 7.05 Å². The molecule has 6 nitrogen and oxygen atoms in total. The van der Waals surface area contributed by atoms with E-state index in [1.165, 1.54) is 6.33 Å². The number of methoxy groups -OCH3 is 2. The molecule has 0 spiro atoms. The first kappa shape index (κ1) is 13.9. The van der Waals surface area contributed by atoms with Crippen LogP contribution in [0.15, 0.2) is 6.33 Å². The molecule has 2 rings (SSSR count). The molecule has 19 heavy (non-hydrogen) atoms. The Morgan fingerprint density at radius 3 is 2.47 bits per heavy atom. The second-order valence-corrected chi connectivity index (χ2v) is 5.33. The molecular formula is C13H22N4O2. The van der Waals surface area contributed by atoms with Crippen molar-refractivity contribution in [1.82, 2.24) is 9.97 Å². The lowest BCUT2D eigenvalue weighted by molar-refractivity contribution is -0.0796. The summed E-state index contributed by atoms with van der Waals surface area (Å²) in [5.74, 6) is 2.04. The zero-order chi connectivity index (χ0) is 14.0. The molecule has 1 aromatic rings. The molecule has 0 amide bonds. The topological polar surface area (TPSA) is 68.3 Å². The van der Waals surface area contributed by atoms with Gasteiger partial charge in [-0.25, -0.2) is 9.97 Å². The van der Waals surface area contributed by atoms with Gasteiger partial charge in [0.2, 0.25) is 5.75 Å². The highest BCUT2D eigenvalue weighted by molar-refractivity contribution is 5.63. The van der Waals surface area contributed by atoms with Crippen LogP contribution in [0.25, 0.3) is 0 Å². The summed E-state index contributed by atoms with van der Waals surface area (Å²) in [6, 6.07) is 0.311. The molecule has 1 aliphatic carbocycles. The third-order valence-corrected chi connectivity index (χ3v) is 4.02. The fourth-order valence-electron chi connectivity index (χ4n) is 2.54. The summed E-state index contributed by atoms with van der Waals surface area (Å²) in [6.07, 6.45) is 2.77. The molecular weight excluding hydrogens is 244 g/mol. The monoisotopic (exact) mass is 266 g/mol. The van der Waals surface area contributed by atoms with Gasteiger partial charge < -0.3 is 20.1 Å². The van der Waals surface area contributed by atoms with Crippen LogP contribution in [-0.4, -0.2) is 43.4 Å². The number of hydrogen-bond donors (Lipinski definition) is 2. The Labute approximate surface area is 113 Å². The molecule has 2 atom stereocenters. The summed E-state index contributed by atoms with van der Waals surface area (Å²) < 4.78 is 10.8. The molecule has 2 unspecified atom stereocenters. The van der Waals surface area contributed by atoms with Crippen LogP contribution >= 0.6 is 0 Å². The van der Waals surface area contributed by atoms with Crippen molar-refractivity contribution in [1.29, 1.82) is 0 Å². The zero-order valence-corrected chi connectivity index (χ0v) is 12.2. The number of aromatic nitrogens is 2. The summed E-state index contributed by atoms with van der Waals surface area (Å²) in [5, 5.41) is 6.43. The Morgan fingerprint density at radius 2 is 1.95 bits per heavy atom. The van der Waals surface area contributed by atoms with Crippen molar-refractivity contribution < 1.29 is 9.47 Å². The van der Waals surface area contributed by atoms with Crippen LogP contribution in [0.4, 0.5) is 11.6 Å². The Morgan fingerprint density at radius 1 is 1.26 bits per heavy atom. The fraction of sp³-hybridized carbons (Fsp3) is 0.692. The largest absolute Gasteiger partial charge is 0.490 e. The van der Waals surface area contributed by atoms with Crippen LogP contribution < -0.4 is 15.4 Å². The SMILES string of the molecule is CNc1ncnc(NC2CC(OC)C2(C)C)c1OC. The van der Waals surface area contributed by atoms with Crippen molar-refractivity contribution in [3.63, 3.8) is 0 Å². The first-order valence-electron chi connectivity index (χ1n) is 6.40. The second-order valence-electron chi connectivity index (χ2n) is 5.33. The molecule has 0 aromatic carbocycles. The summed E-state index contributed by atoms with van der Waals surface area (Å²) in [5.41, 5.74) is 0.0739. The maximum absolute atomic E-state index is 5.45. The minimum atomic E-state index is 0.0739. The molecule has 0 radical (unpaired) electrons. The van der Waals surface area contributed by atoms with Gasteiger partial charge in [-0.1, -0.05) is 13.8 Å². The summed E-state index contributed by atoms with van der Waals surface area (Å²) in [6.45, 7) is 4.38. The highest BCUT2D eigenvalue weighted by atomic mass is 16.5. The molecule has 1 fully saturated rings. The van der Waals surface area contributed by atoms with Crippen molar-refractivity contribution in [3.05, 3.63) is 6.33 Å². The average molecular weight is 266 g/mol. The van der Waals surface area contributed by atoms with Crippen LogP contribution in [0, 0.1) is 5.41 Å². The third kappa shape index (κ3) is 2.32. The number of hydrogen-bond acceptors (Lipinski definition) is 6. The van der Waals surface area contributed by atoms with Crippen molar-refractivity contribution in [2.75, 3.05) is 31.9 Å². The average Bonchev–Trinajstić information content (AvgIpc) is 2.42. The number of rotatable bonds is 5. The highest BCUT2D eigenvalue weighted by Crippen LogP contribution is 2.45. The van der Waals surface area contributed by atoms with E-state index < -0.39 is 0 Å². The number of anilines is 2. The van der Waals surface area contributed by atoms with Gasteiger partial charge in [-0.15, -0.1) is 0 Å². The summed E-state index contributed by atoms with van der Waals surface area (Å²) >= 11 is 0. The molecule has 6 heteroatoms. The Kier molecular flexibility index (Phi) is 3.80. The normalized spacial score (nSPS) is 24.5. The predicted molar refractivity (Wildman–Crippen MR) is 74.7 cm³/mol. The minimum Gasteiger partial charge on any atom is -0.490 e. The highest BCUT2D eigenvalue weighted by Gasteiger charge is 2.49. The molecule has 1 aliphatic rings. The van der Waals surface area contributed by atoms with Gasteiger partial charge in [0.05, 0.1) is 13.2 Å². The maximum Gasteiger partial charge on any atom is 0.204 e. The van der Waals surface area contributed by atoms with Crippen molar-refractivity contribution in [3.8, 4) is 5.75 Å². The second kappa shape index (κ2) is 5.21. The quantitative estimate of drug-likeness (QED) is 0.846. The number of ether oxygens (including phenoxy) is 2. The van der Waals surface area contributed by atoms with E-state index in [4.69, 9.17) is 9.47 Å². The fourth-order valence-corrected chi connectivity index (χ4v) is 2.54. The Balaban J connectivity index is 2.17. The van der Waals surface area contributed by atoms with E-state index in [9.17, 15) is 0 Å². The smallest absolute Gasteiger partial charge is 0.204 e. The van der Waals surface area contributed by atoms with Crippen LogP contribution in [0.2, 0.25) is 0 Å². The van der Waals surface area contributed by atoms with Gasteiger partial charge in [0, 0.05) is 25.6 Å².